The largest absolute Gasteiger partial charge is 0.494 e. The summed E-state index contributed by atoms with van der Waals surface area (Å²) >= 11 is 0. The summed E-state index contributed by atoms with van der Waals surface area (Å²) < 4.78 is 47.6. The second-order valence-corrected chi connectivity index (χ2v) is 10.8. The van der Waals surface area contributed by atoms with Crippen molar-refractivity contribution in [3.05, 3.63) is 89.7 Å². The lowest BCUT2D eigenvalue weighted by atomic mass is 10.1. The number of nitrogens with zero attached hydrogens (tertiary/aromatic N) is 2. The normalized spacial score (nSPS) is 11.9. The van der Waals surface area contributed by atoms with E-state index in [-0.39, 0.29) is 17.3 Å². The quantitative estimate of drug-likeness (QED) is 0.360. The first-order valence-electron chi connectivity index (χ1n) is 12.7. The molecule has 0 aliphatic rings. The lowest BCUT2D eigenvalue weighted by Gasteiger charge is -2.32. The number of hydrogen-bond acceptors (Lipinski definition) is 5. The van der Waals surface area contributed by atoms with E-state index in [1.807, 2.05) is 13.8 Å². The summed E-state index contributed by atoms with van der Waals surface area (Å²) in [6.07, 6.45) is 0. The Hall–Kier alpha value is -3.92. The van der Waals surface area contributed by atoms with Gasteiger partial charge in [0.15, 0.2) is 0 Å². The van der Waals surface area contributed by atoms with Crippen LogP contribution in [0.25, 0.3) is 0 Å². The van der Waals surface area contributed by atoms with Crippen molar-refractivity contribution in [2.75, 3.05) is 24.0 Å². The number of sulfonamides is 1. The molecule has 0 bridgehead atoms. The van der Waals surface area contributed by atoms with Gasteiger partial charge in [-0.1, -0.05) is 29.8 Å². The number of hydrogen-bond donors (Lipinski definition) is 1. The van der Waals surface area contributed by atoms with Crippen LogP contribution in [0.15, 0.2) is 77.7 Å². The molecule has 208 valence electrons. The highest BCUT2D eigenvalue weighted by Crippen LogP contribution is 2.26. The molecular formula is C29H34FN3O5S. The van der Waals surface area contributed by atoms with Gasteiger partial charge in [-0.2, -0.15) is 0 Å². The fourth-order valence-electron chi connectivity index (χ4n) is 3.93. The Bertz CT molecular complexity index is 1360. The second-order valence-electron chi connectivity index (χ2n) is 8.97. The van der Waals surface area contributed by atoms with Crippen LogP contribution < -0.4 is 14.4 Å². The molecular weight excluding hydrogens is 521 g/mol. The minimum absolute atomic E-state index is 0.0117. The molecule has 0 aliphatic heterocycles. The maximum absolute atomic E-state index is 13.8. The molecule has 39 heavy (non-hydrogen) atoms. The number of anilines is 1. The summed E-state index contributed by atoms with van der Waals surface area (Å²) in [7, 11) is -4.18. The molecule has 0 saturated heterocycles. The molecule has 1 atom stereocenters. The molecule has 0 fully saturated rings. The standard InChI is InChI=1S/C29H34FN3O5S/c1-5-31-29(35)22(4)32(19-23-9-11-24(30)12-10-23)28(34)20-33(25-13-7-21(3)8-14-25)39(36,37)27-17-15-26(16-18-27)38-6-2/h7-18,22H,5-6,19-20H2,1-4H3,(H,31,35)/t22-/m0/s1. The van der Waals surface area contributed by atoms with Crippen molar-refractivity contribution < 1.29 is 27.1 Å². The van der Waals surface area contributed by atoms with E-state index in [4.69, 9.17) is 4.74 Å². The smallest absolute Gasteiger partial charge is 0.264 e. The molecule has 0 saturated carbocycles. The molecule has 2 amide bonds. The third kappa shape index (κ3) is 7.57. The van der Waals surface area contributed by atoms with Gasteiger partial charge in [-0.3, -0.25) is 13.9 Å². The Labute approximate surface area is 229 Å². The van der Waals surface area contributed by atoms with Gasteiger partial charge in [0, 0.05) is 13.1 Å². The van der Waals surface area contributed by atoms with E-state index < -0.39 is 34.3 Å². The van der Waals surface area contributed by atoms with E-state index in [2.05, 4.69) is 5.32 Å². The van der Waals surface area contributed by atoms with Crippen LogP contribution in [0.4, 0.5) is 10.1 Å². The monoisotopic (exact) mass is 555 g/mol. The maximum atomic E-state index is 13.8. The van der Waals surface area contributed by atoms with E-state index in [0.29, 0.717) is 30.2 Å². The lowest BCUT2D eigenvalue weighted by Crippen LogP contribution is -2.51. The second kappa shape index (κ2) is 13.2. The van der Waals surface area contributed by atoms with Gasteiger partial charge in [0.25, 0.3) is 10.0 Å². The fourth-order valence-corrected chi connectivity index (χ4v) is 5.35. The first kappa shape index (κ1) is 29.6. The number of rotatable bonds is 12. The molecule has 3 aromatic carbocycles. The van der Waals surface area contributed by atoms with Crippen molar-refractivity contribution >= 4 is 27.5 Å². The van der Waals surface area contributed by atoms with Crippen LogP contribution in [-0.4, -0.2) is 50.9 Å². The predicted octanol–water partition coefficient (Wildman–Crippen LogP) is 4.28. The Balaban J connectivity index is 2.00. The molecule has 3 rings (SSSR count). The summed E-state index contributed by atoms with van der Waals surface area (Å²) in [5.41, 5.74) is 1.82. The van der Waals surface area contributed by atoms with Gasteiger partial charge < -0.3 is 15.0 Å². The average Bonchev–Trinajstić information content (AvgIpc) is 2.92. The van der Waals surface area contributed by atoms with Crippen LogP contribution in [0.1, 0.15) is 31.9 Å². The Morgan fingerprint density at radius 3 is 2.13 bits per heavy atom. The van der Waals surface area contributed by atoms with Gasteiger partial charge in [0.05, 0.1) is 17.2 Å². The number of nitrogens with one attached hydrogen (secondary N) is 1. The third-order valence-electron chi connectivity index (χ3n) is 6.11. The summed E-state index contributed by atoms with van der Waals surface area (Å²) in [6, 6.07) is 17.4. The van der Waals surface area contributed by atoms with E-state index in [9.17, 15) is 22.4 Å². The zero-order valence-electron chi connectivity index (χ0n) is 22.6. The molecule has 10 heteroatoms. The van der Waals surface area contributed by atoms with Crippen molar-refractivity contribution in [3.63, 3.8) is 0 Å². The van der Waals surface area contributed by atoms with Gasteiger partial charge >= 0.3 is 0 Å². The number of halogens is 1. The highest BCUT2D eigenvalue weighted by atomic mass is 32.2. The number of carbonyl (C=O) groups excluding carboxylic acids is 2. The maximum Gasteiger partial charge on any atom is 0.264 e. The van der Waals surface area contributed by atoms with Crippen LogP contribution in [0, 0.1) is 12.7 Å². The number of amides is 2. The lowest BCUT2D eigenvalue weighted by molar-refractivity contribution is -0.139. The highest BCUT2D eigenvalue weighted by Gasteiger charge is 2.32. The molecule has 0 heterocycles. The Kier molecular flexibility index (Phi) is 10.1. The van der Waals surface area contributed by atoms with Gasteiger partial charge in [-0.15, -0.1) is 0 Å². The van der Waals surface area contributed by atoms with Crippen LogP contribution in [0.2, 0.25) is 0 Å². The number of benzene rings is 3. The zero-order valence-corrected chi connectivity index (χ0v) is 23.4. The van der Waals surface area contributed by atoms with E-state index in [1.165, 1.54) is 41.3 Å². The van der Waals surface area contributed by atoms with Crippen LogP contribution in [0.3, 0.4) is 0 Å². The topological polar surface area (TPSA) is 96.0 Å². The van der Waals surface area contributed by atoms with Gasteiger partial charge in [0.1, 0.15) is 24.2 Å². The van der Waals surface area contributed by atoms with Crippen molar-refractivity contribution in [3.8, 4) is 5.75 Å². The number of carbonyl (C=O) groups is 2. The first-order valence-corrected chi connectivity index (χ1v) is 14.1. The Morgan fingerprint density at radius 2 is 1.56 bits per heavy atom. The minimum Gasteiger partial charge on any atom is -0.494 e. The van der Waals surface area contributed by atoms with Crippen molar-refractivity contribution in [2.24, 2.45) is 0 Å². The predicted molar refractivity (Wildman–Crippen MR) is 148 cm³/mol. The van der Waals surface area contributed by atoms with Crippen LogP contribution in [0.5, 0.6) is 5.75 Å². The van der Waals surface area contributed by atoms with Crippen molar-refractivity contribution in [1.29, 1.82) is 0 Å². The van der Waals surface area contributed by atoms with Crippen molar-refractivity contribution in [2.45, 2.75) is 45.2 Å². The van der Waals surface area contributed by atoms with Crippen molar-refractivity contribution in [1.82, 2.24) is 10.2 Å². The molecule has 3 aromatic rings. The van der Waals surface area contributed by atoms with Gasteiger partial charge in [-0.05, 0) is 81.8 Å². The summed E-state index contributed by atoms with van der Waals surface area (Å²) in [6.45, 7) is 7.27. The molecule has 0 unspecified atom stereocenters. The summed E-state index contributed by atoms with van der Waals surface area (Å²) in [5.74, 6) is -0.881. The molecule has 0 radical (unpaired) electrons. The number of ether oxygens (including phenoxy) is 1. The molecule has 0 aromatic heterocycles. The minimum atomic E-state index is -4.18. The molecule has 0 aliphatic carbocycles. The highest BCUT2D eigenvalue weighted by molar-refractivity contribution is 7.92. The summed E-state index contributed by atoms with van der Waals surface area (Å²) in [5, 5.41) is 2.70. The van der Waals surface area contributed by atoms with E-state index in [0.717, 1.165) is 9.87 Å². The fraction of sp³-hybridized carbons (Fsp3) is 0.310. The Morgan fingerprint density at radius 1 is 0.949 bits per heavy atom. The van der Waals surface area contributed by atoms with Gasteiger partial charge in [0.2, 0.25) is 11.8 Å². The molecule has 1 N–H and O–H groups in total. The molecule has 0 spiro atoms. The van der Waals surface area contributed by atoms with Crippen LogP contribution in [-0.2, 0) is 26.2 Å². The van der Waals surface area contributed by atoms with Gasteiger partial charge in [-0.25, -0.2) is 12.8 Å². The SMILES string of the molecule is CCNC(=O)[C@H](C)N(Cc1ccc(F)cc1)C(=O)CN(c1ccc(C)cc1)S(=O)(=O)c1ccc(OCC)cc1. The summed E-state index contributed by atoms with van der Waals surface area (Å²) in [4.78, 5) is 27.8. The third-order valence-corrected chi connectivity index (χ3v) is 7.90. The average molecular weight is 556 g/mol. The van der Waals surface area contributed by atoms with E-state index in [1.54, 1.807) is 50.2 Å². The number of aryl methyl sites for hydroxylation is 1. The van der Waals surface area contributed by atoms with E-state index >= 15 is 0 Å². The zero-order chi connectivity index (χ0) is 28.6. The number of likely N-dealkylation sites (N-methyl/N-ethyl adjacent to an activating group) is 1. The first-order chi connectivity index (χ1) is 18.6. The molecule has 8 nitrogen and oxygen atoms in total. The van der Waals surface area contributed by atoms with Crippen LogP contribution >= 0.6 is 0 Å².